The van der Waals surface area contributed by atoms with Gasteiger partial charge in [-0.15, -0.1) is 0 Å². The van der Waals surface area contributed by atoms with Crippen molar-refractivity contribution in [3.63, 3.8) is 0 Å². The zero-order valence-electron chi connectivity index (χ0n) is 16.5. The highest BCUT2D eigenvalue weighted by molar-refractivity contribution is 7.98. The number of carbonyl (C=O) groups is 1. The number of nitrogens with zero attached hydrogens (tertiary/aromatic N) is 4. The number of imidazole rings is 1. The Bertz CT molecular complexity index is 1340. The third-order valence-corrected chi connectivity index (χ3v) is 6.78. The summed E-state index contributed by atoms with van der Waals surface area (Å²) in [6, 6.07) is 0. The maximum atomic E-state index is 15.2. The second-order valence-corrected chi connectivity index (χ2v) is 9.02. The number of H-pyrrole nitrogens is 1. The van der Waals surface area contributed by atoms with Crippen molar-refractivity contribution in [2.75, 3.05) is 11.6 Å². The minimum atomic E-state index is -1.09. The summed E-state index contributed by atoms with van der Waals surface area (Å²) in [7, 11) is 0. The van der Waals surface area contributed by atoms with Crippen LogP contribution < -0.4 is 5.32 Å². The number of nitrogens with one attached hydrogen (secondary N) is 2. The van der Waals surface area contributed by atoms with E-state index in [1.165, 1.54) is 18.0 Å². The number of alkyl halides is 1. The van der Waals surface area contributed by atoms with Gasteiger partial charge in [-0.2, -0.15) is 16.9 Å². The fraction of sp³-hybridized carbons (Fsp3) is 0.300. The largest absolute Gasteiger partial charge is 0.309 e. The molecule has 0 spiro atoms. The number of fused-ring (bicyclic) bond motifs is 2. The van der Waals surface area contributed by atoms with E-state index in [4.69, 9.17) is 11.6 Å². The number of halogens is 3. The maximum Gasteiger partial charge on any atom is 0.231 e. The summed E-state index contributed by atoms with van der Waals surface area (Å²) in [5.74, 6) is -1.23. The Balaban J connectivity index is 1.58. The fourth-order valence-corrected chi connectivity index (χ4v) is 4.39. The molecule has 160 valence electrons. The van der Waals surface area contributed by atoms with Gasteiger partial charge >= 0.3 is 0 Å². The lowest BCUT2D eigenvalue weighted by atomic mass is 10.0. The molecule has 3 aromatic heterocycles. The summed E-state index contributed by atoms with van der Waals surface area (Å²) in [6.07, 6.45) is 7.39. The summed E-state index contributed by atoms with van der Waals surface area (Å²) in [5.41, 5.74) is 2.35. The molecule has 3 heterocycles. The highest BCUT2D eigenvalue weighted by Gasteiger charge is 2.43. The quantitative estimate of drug-likeness (QED) is 0.445. The van der Waals surface area contributed by atoms with Gasteiger partial charge in [-0.25, -0.2) is 13.8 Å². The predicted octanol–water partition coefficient (Wildman–Crippen LogP) is 4.79. The second-order valence-electron chi connectivity index (χ2n) is 7.46. The van der Waals surface area contributed by atoms with E-state index in [0.29, 0.717) is 33.4 Å². The van der Waals surface area contributed by atoms with Gasteiger partial charge in [0.15, 0.2) is 11.5 Å². The minimum Gasteiger partial charge on any atom is -0.309 e. The summed E-state index contributed by atoms with van der Waals surface area (Å²) in [4.78, 5) is 20.7. The molecule has 2 N–H and O–H groups in total. The van der Waals surface area contributed by atoms with Crippen molar-refractivity contribution in [1.82, 2.24) is 24.6 Å². The van der Waals surface area contributed by atoms with Gasteiger partial charge < -0.3 is 9.72 Å². The van der Waals surface area contributed by atoms with Crippen LogP contribution in [0.2, 0.25) is 5.02 Å². The minimum absolute atomic E-state index is 0.0342. The van der Waals surface area contributed by atoms with Gasteiger partial charge in [0.2, 0.25) is 5.91 Å². The van der Waals surface area contributed by atoms with Crippen LogP contribution in [0.3, 0.4) is 0 Å². The zero-order chi connectivity index (χ0) is 21.9. The van der Waals surface area contributed by atoms with Crippen molar-refractivity contribution in [2.45, 2.75) is 24.8 Å². The first-order valence-corrected chi connectivity index (χ1v) is 11.2. The molecule has 0 bridgehead atoms. The molecule has 3 atom stereocenters. The lowest BCUT2D eigenvalue weighted by Gasteiger charge is -2.15. The molecule has 1 aliphatic carbocycles. The Morgan fingerprint density at radius 2 is 2.19 bits per heavy atom. The van der Waals surface area contributed by atoms with Crippen LogP contribution in [-0.4, -0.2) is 42.9 Å². The molecule has 0 radical (unpaired) electrons. The van der Waals surface area contributed by atoms with Crippen molar-refractivity contribution < 1.29 is 13.6 Å². The molecule has 0 saturated heterocycles. The number of hydrogen-bond donors (Lipinski definition) is 2. The van der Waals surface area contributed by atoms with Crippen LogP contribution in [0.4, 0.5) is 14.6 Å². The summed E-state index contributed by atoms with van der Waals surface area (Å²) in [6.45, 7) is 1.90. The van der Waals surface area contributed by atoms with E-state index >= 15 is 4.39 Å². The first-order valence-electron chi connectivity index (χ1n) is 9.55. The number of rotatable bonds is 5. The van der Waals surface area contributed by atoms with Crippen LogP contribution in [0.1, 0.15) is 24.2 Å². The molecule has 31 heavy (non-hydrogen) atoms. The van der Waals surface area contributed by atoms with Gasteiger partial charge in [-0.05, 0) is 19.6 Å². The lowest BCUT2D eigenvalue weighted by molar-refractivity contribution is -0.117. The monoisotopic (exact) mass is 462 g/mol. The third kappa shape index (κ3) is 3.34. The second kappa shape index (κ2) is 7.45. The van der Waals surface area contributed by atoms with Crippen molar-refractivity contribution in [2.24, 2.45) is 5.92 Å². The maximum absolute atomic E-state index is 15.2. The van der Waals surface area contributed by atoms with E-state index in [1.807, 2.05) is 13.2 Å². The molecule has 1 amide bonds. The van der Waals surface area contributed by atoms with Gasteiger partial charge in [-0.3, -0.25) is 14.9 Å². The standard InChI is InChI=1S/C20H17ClF2N6OS/c1-8(31-2)15-18(23)17(21)16(10-4-25-28-19(10)15)12-6-29-7-13(26-14(29)5-24-12)27-20(30)9-3-11(9)22/h4-9,11H,3H2,1-2H3,(H,25,28)(H,27,30). The van der Waals surface area contributed by atoms with E-state index in [9.17, 15) is 9.18 Å². The number of aromatic amines is 1. The number of hydrogen-bond acceptors (Lipinski definition) is 5. The zero-order valence-corrected chi connectivity index (χ0v) is 18.1. The molecular formula is C20H17ClF2N6OS. The molecule has 1 saturated carbocycles. The average Bonchev–Trinajstić information content (AvgIpc) is 3.12. The lowest BCUT2D eigenvalue weighted by Crippen LogP contribution is -2.15. The number of carbonyl (C=O) groups excluding carboxylic acids is 1. The topological polar surface area (TPSA) is 88.0 Å². The molecule has 0 aliphatic heterocycles. The van der Waals surface area contributed by atoms with E-state index in [2.05, 4.69) is 25.5 Å². The molecule has 1 fully saturated rings. The number of amides is 1. The van der Waals surface area contributed by atoms with Crippen LogP contribution in [0.25, 0.3) is 27.8 Å². The van der Waals surface area contributed by atoms with Crippen LogP contribution >= 0.6 is 23.4 Å². The van der Waals surface area contributed by atoms with Gasteiger partial charge in [0.1, 0.15) is 12.0 Å². The van der Waals surface area contributed by atoms with Crippen LogP contribution in [-0.2, 0) is 4.79 Å². The molecule has 11 heteroatoms. The van der Waals surface area contributed by atoms with E-state index in [-0.39, 0.29) is 22.5 Å². The molecule has 7 nitrogen and oxygen atoms in total. The molecule has 4 aromatic rings. The normalized spacial score (nSPS) is 19.1. The number of thioether (sulfide) groups is 1. The van der Waals surface area contributed by atoms with Crippen molar-refractivity contribution in [3.05, 3.63) is 41.2 Å². The highest BCUT2D eigenvalue weighted by Crippen LogP contribution is 2.42. The summed E-state index contributed by atoms with van der Waals surface area (Å²) >= 11 is 7.97. The van der Waals surface area contributed by atoms with Crippen LogP contribution in [0.15, 0.2) is 24.8 Å². The summed E-state index contributed by atoms with van der Waals surface area (Å²) < 4.78 is 30.0. The first-order chi connectivity index (χ1) is 14.9. The van der Waals surface area contributed by atoms with Gasteiger partial charge in [0.25, 0.3) is 0 Å². The molecule has 1 aliphatic rings. The van der Waals surface area contributed by atoms with Crippen molar-refractivity contribution in [1.29, 1.82) is 0 Å². The average molecular weight is 463 g/mol. The Morgan fingerprint density at radius 3 is 2.90 bits per heavy atom. The van der Waals surface area contributed by atoms with Gasteiger partial charge in [0, 0.05) is 28.0 Å². The van der Waals surface area contributed by atoms with Crippen molar-refractivity contribution in [3.8, 4) is 11.3 Å². The SMILES string of the molecule is CSC(C)c1c(F)c(Cl)c(-c2cn3cc(NC(=O)C4CC4F)nc3cn2)c2cn[nH]c12. The predicted molar refractivity (Wildman–Crippen MR) is 117 cm³/mol. The Morgan fingerprint density at radius 1 is 1.42 bits per heavy atom. The fourth-order valence-electron chi connectivity index (χ4n) is 3.63. The summed E-state index contributed by atoms with van der Waals surface area (Å²) in [5, 5.41) is 10.1. The molecular weight excluding hydrogens is 446 g/mol. The van der Waals surface area contributed by atoms with E-state index in [0.717, 1.165) is 0 Å². The Hall–Kier alpha value is -2.72. The number of aromatic nitrogens is 5. The number of anilines is 1. The van der Waals surface area contributed by atoms with Crippen LogP contribution in [0.5, 0.6) is 0 Å². The van der Waals surface area contributed by atoms with Gasteiger partial charge in [0.05, 0.1) is 40.7 Å². The Labute approximate surface area is 184 Å². The van der Waals surface area contributed by atoms with Crippen LogP contribution in [0, 0.1) is 11.7 Å². The van der Waals surface area contributed by atoms with Crippen molar-refractivity contribution >= 4 is 51.6 Å². The smallest absolute Gasteiger partial charge is 0.231 e. The van der Waals surface area contributed by atoms with E-state index in [1.54, 1.807) is 23.0 Å². The molecule has 3 unspecified atom stereocenters. The molecule has 1 aromatic carbocycles. The van der Waals surface area contributed by atoms with E-state index < -0.39 is 23.8 Å². The Kier molecular flexibility index (Phi) is 4.86. The number of benzene rings is 1. The third-order valence-electron chi connectivity index (χ3n) is 5.48. The molecule has 5 rings (SSSR count). The first kappa shape index (κ1) is 20.2. The highest BCUT2D eigenvalue weighted by atomic mass is 35.5. The van der Waals surface area contributed by atoms with Gasteiger partial charge in [-0.1, -0.05) is 11.6 Å².